The van der Waals surface area contributed by atoms with E-state index < -0.39 is 0 Å². The zero-order chi connectivity index (χ0) is 18.9. The molecule has 5 heteroatoms. The van der Waals surface area contributed by atoms with Gasteiger partial charge in [0.2, 0.25) is 5.91 Å². The molecule has 2 saturated heterocycles. The molecule has 0 radical (unpaired) electrons. The highest BCUT2D eigenvalue weighted by Crippen LogP contribution is 2.50. The van der Waals surface area contributed by atoms with Crippen LogP contribution >= 0.6 is 0 Å². The zero-order valence-electron chi connectivity index (χ0n) is 16.3. The summed E-state index contributed by atoms with van der Waals surface area (Å²) in [6.07, 6.45) is 6.65. The van der Waals surface area contributed by atoms with Gasteiger partial charge in [0.1, 0.15) is 5.75 Å². The lowest BCUT2D eigenvalue weighted by molar-refractivity contribution is -0.149. The first-order valence-electron chi connectivity index (χ1n) is 10.3. The lowest BCUT2D eigenvalue weighted by Gasteiger charge is -2.46. The number of hydrogen-bond acceptors (Lipinski definition) is 4. The van der Waals surface area contributed by atoms with E-state index in [1.165, 1.54) is 0 Å². The molecule has 2 heterocycles. The van der Waals surface area contributed by atoms with Gasteiger partial charge in [-0.3, -0.25) is 4.79 Å². The third-order valence-corrected chi connectivity index (χ3v) is 6.90. The molecule has 27 heavy (non-hydrogen) atoms. The number of aliphatic hydroxyl groups excluding tert-OH is 1. The number of benzene rings is 1. The van der Waals surface area contributed by atoms with Gasteiger partial charge in [0.25, 0.3) is 0 Å². The average Bonchev–Trinajstić information content (AvgIpc) is 3.51. The maximum Gasteiger partial charge on any atom is 0.233 e. The minimum absolute atomic E-state index is 0.0777. The Morgan fingerprint density at radius 3 is 2.52 bits per heavy atom. The molecule has 3 fully saturated rings. The second-order valence-electron chi connectivity index (χ2n) is 8.51. The minimum Gasteiger partial charge on any atom is -0.497 e. The van der Waals surface area contributed by atoms with E-state index in [1.807, 2.05) is 24.3 Å². The topological polar surface area (TPSA) is 59.0 Å². The smallest absolute Gasteiger partial charge is 0.233 e. The summed E-state index contributed by atoms with van der Waals surface area (Å²) in [4.78, 5) is 15.4. The van der Waals surface area contributed by atoms with E-state index in [1.54, 1.807) is 7.11 Å². The van der Waals surface area contributed by atoms with Crippen LogP contribution in [0.15, 0.2) is 24.3 Å². The van der Waals surface area contributed by atoms with Gasteiger partial charge in [-0.05, 0) is 68.6 Å². The van der Waals surface area contributed by atoms with Crippen molar-refractivity contribution in [3.63, 3.8) is 0 Å². The minimum atomic E-state index is -0.316. The zero-order valence-corrected chi connectivity index (χ0v) is 16.3. The molecule has 0 bridgehead atoms. The second kappa shape index (κ2) is 7.44. The molecule has 5 nitrogen and oxygen atoms in total. The van der Waals surface area contributed by atoms with Gasteiger partial charge in [0.15, 0.2) is 0 Å². The van der Waals surface area contributed by atoms with Gasteiger partial charge in [-0.1, -0.05) is 12.1 Å². The number of carbonyl (C=O) groups excluding carboxylic acids is 1. The average molecular weight is 373 g/mol. The van der Waals surface area contributed by atoms with Crippen molar-refractivity contribution in [3.05, 3.63) is 29.8 Å². The number of nitrogens with zero attached hydrogens (tertiary/aromatic N) is 1. The molecule has 1 atom stereocenters. The summed E-state index contributed by atoms with van der Waals surface area (Å²) < 4.78 is 11.4. The predicted molar refractivity (Wildman–Crippen MR) is 103 cm³/mol. The highest BCUT2D eigenvalue weighted by atomic mass is 16.5. The van der Waals surface area contributed by atoms with Crippen molar-refractivity contribution in [1.82, 2.24) is 4.90 Å². The highest BCUT2D eigenvalue weighted by molar-refractivity contribution is 5.91. The van der Waals surface area contributed by atoms with E-state index in [0.29, 0.717) is 5.92 Å². The Kier molecular flexibility index (Phi) is 5.17. The van der Waals surface area contributed by atoms with Gasteiger partial charge in [0, 0.05) is 26.3 Å². The van der Waals surface area contributed by atoms with Crippen LogP contribution in [-0.2, 0) is 14.9 Å². The summed E-state index contributed by atoms with van der Waals surface area (Å²) in [5.41, 5.74) is 0.723. The number of likely N-dealkylation sites (tertiary alicyclic amines) is 1. The molecule has 1 amide bonds. The van der Waals surface area contributed by atoms with Crippen LogP contribution < -0.4 is 4.74 Å². The van der Waals surface area contributed by atoms with E-state index in [-0.39, 0.29) is 23.5 Å². The van der Waals surface area contributed by atoms with Gasteiger partial charge >= 0.3 is 0 Å². The molecule has 1 aliphatic carbocycles. The molecule has 3 aliphatic rings. The van der Waals surface area contributed by atoms with Crippen molar-refractivity contribution in [3.8, 4) is 5.75 Å². The summed E-state index contributed by atoms with van der Waals surface area (Å²) in [7, 11) is 1.66. The van der Waals surface area contributed by atoms with Gasteiger partial charge in [-0.25, -0.2) is 0 Å². The lowest BCUT2D eigenvalue weighted by atomic mass is 9.78. The quantitative estimate of drug-likeness (QED) is 0.862. The third kappa shape index (κ3) is 3.59. The van der Waals surface area contributed by atoms with Crippen LogP contribution in [0.5, 0.6) is 5.75 Å². The number of methoxy groups -OCH3 is 1. The number of amides is 1. The monoisotopic (exact) mass is 373 g/mol. The van der Waals surface area contributed by atoms with Crippen molar-refractivity contribution in [2.24, 2.45) is 5.92 Å². The third-order valence-electron chi connectivity index (χ3n) is 6.90. The van der Waals surface area contributed by atoms with Crippen LogP contribution in [0, 0.1) is 5.92 Å². The number of carbonyl (C=O) groups is 1. The number of piperidine rings is 1. The summed E-state index contributed by atoms with van der Waals surface area (Å²) in [5, 5.41) is 9.26. The Bertz CT molecular complexity index is 657. The van der Waals surface area contributed by atoms with Crippen molar-refractivity contribution in [2.75, 3.05) is 33.4 Å². The van der Waals surface area contributed by atoms with Crippen LogP contribution in [0.3, 0.4) is 0 Å². The number of ether oxygens (including phenoxy) is 2. The number of hydrogen-bond donors (Lipinski definition) is 1. The van der Waals surface area contributed by atoms with E-state index >= 15 is 0 Å². The fourth-order valence-corrected chi connectivity index (χ4v) is 4.99. The SMILES string of the molecule is COc1ccc(C2(C(=O)N3CCC4(CC3)CC(CCO)CCO4)CC2)cc1. The summed E-state index contributed by atoms with van der Waals surface area (Å²) in [5.74, 6) is 1.67. The highest BCUT2D eigenvalue weighted by Gasteiger charge is 2.54. The number of rotatable bonds is 5. The molecule has 148 valence electrons. The van der Waals surface area contributed by atoms with Crippen LogP contribution in [0.4, 0.5) is 0 Å². The van der Waals surface area contributed by atoms with Gasteiger partial charge in [-0.2, -0.15) is 0 Å². The molecule has 1 N–H and O–H groups in total. The first-order valence-corrected chi connectivity index (χ1v) is 10.3. The fourth-order valence-electron chi connectivity index (χ4n) is 4.99. The Balaban J connectivity index is 1.40. The first-order chi connectivity index (χ1) is 13.1. The van der Waals surface area contributed by atoms with E-state index in [4.69, 9.17) is 9.47 Å². The van der Waals surface area contributed by atoms with Crippen LogP contribution in [-0.4, -0.2) is 54.9 Å². The van der Waals surface area contributed by atoms with E-state index in [9.17, 15) is 9.90 Å². The fraction of sp³-hybridized carbons (Fsp3) is 0.682. The molecule has 1 saturated carbocycles. The Hall–Kier alpha value is -1.59. The molecule has 2 aliphatic heterocycles. The summed E-state index contributed by atoms with van der Waals surface area (Å²) in [6, 6.07) is 7.98. The molecular weight excluding hydrogens is 342 g/mol. The van der Waals surface area contributed by atoms with Crippen LogP contribution in [0.25, 0.3) is 0 Å². The van der Waals surface area contributed by atoms with Crippen LogP contribution in [0.2, 0.25) is 0 Å². The van der Waals surface area contributed by atoms with Crippen molar-refractivity contribution in [2.45, 2.75) is 56.0 Å². The Morgan fingerprint density at radius 2 is 1.93 bits per heavy atom. The normalized spacial score (nSPS) is 26.0. The van der Waals surface area contributed by atoms with E-state index in [0.717, 1.165) is 76.0 Å². The second-order valence-corrected chi connectivity index (χ2v) is 8.51. The van der Waals surface area contributed by atoms with Gasteiger partial charge < -0.3 is 19.5 Å². The van der Waals surface area contributed by atoms with Crippen LogP contribution in [0.1, 0.15) is 50.5 Å². The van der Waals surface area contributed by atoms with Gasteiger partial charge in [0.05, 0.1) is 18.1 Å². The maximum atomic E-state index is 13.3. The molecule has 1 aromatic carbocycles. The molecule has 1 aromatic rings. The van der Waals surface area contributed by atoms with Crippen molar-refractivity contribution < 1.29 is 19.4 Å². The standard InChI is InChI=1S/C22H31NO4/c1-26-19-4-2-18(3-5-19)22(8-9-22)20(25)23-12-10-21(11-13-23)16-17(6-14-24)7-15-27-21/h2-5,17,24H,6-16H2,1H3. The first kappa shape index (κ1) is 18.8. The lowest BCUT2D eigenvalue weighted by Crippen LogP contribution is -2.52. The summed E-state index contributed by atoms with van der Waals surface area (Å²) >= 11 is 0. The van der Waals surface area contributed by atoms with Crippen molar-refractivity contribution >= 4 is 5.91 Å². The van der Waals surface area contributed by atoms with E-state index in [2.05, 4.69) is 4.90 Å². The number of aliphatic hydroxyl groups is 1. The predicted octanol–water partition coefficient (Wildman–Crippen LogP) is 2.90. The van der Waals surface area contributed by atoms with Gasteiger partial charge in [-0.15, -0.1) is 0 Å². The molecular formula is C22H31NO4. The molecule has 1 spiro atoms. The van der Waals surface area contributed by atoms with Crippen molar-refractivity contribution in [1.29, 1.82) is 0 Å². The molecule has 0 aromatic heterocycles. The largest absolute Gasteiger partial charge is 0.497 e. The molecule has 4 rings (SSSR count). The Labute approximate surface area is 161 Å². The summed E-state index contributed by atoms with van der Waals surface area (Å²) in [6.45, 7) is 2.61. The maximum absolute atomic E-state index is 13.3. The molecule has 1 unspecified atom stereocenters. The Morgan fingerprint density at radius 1 is 1.22 bits per heavy atom.